The number of aromatic nitrogens is 1. The van der Waals surface area contributed by atoms with Crippen LogP contribution < -0.4 is 5.73 Å². The number of halogens is 1. The molecule has 0 spiro atoms. The molecule has 2 heterocycles. The lowest BCUT2D eigenvalue weighted by atomic mass is 10.0. The topological polar surface area (TPSA) is 42.1 Å². The van der Waals surface area contributed by atoms with Gasteiger partial charge in [-0.3, -0.25) is 9.88 Å². The van der Waals surface area contributed by atoms with Crippen LogP contribution in [0.15, 0.2) is 22.8 Å². The fourth-order valence-electron chi connectivity index (χ4n) is 1.68. The number of nitrogens with zero attached hydrogens (tertiary/aromatic N) is 2. The zero-order valence-corrected chi connectivity index (χ0v) is 9.57. The minimum absolute atomic E-state index is 0.570. The minimum Gasteiger partial charge on any atom is -0.329 e. The van der Waals surface area contributed by atoms with Crippen molar-refractivity contribution in [2.24, 2.45) is 5.73 Å². The summed E-state index contributed by atoms with van der Waals surface area (Å²) in [6.07, 6.45) is 3.07. The van der Waals surface area contributed by atoms with Gasteiger partial charge in [0.15, 0.2) is 0 Å². The Kier molecular flexibility index (Phi) is 3.15. The molecule has 0 bridgehead atoms. The van der Waals surface area contributed by atoms with Crippen molar-refractivity contribution in [2.45, 2.75) is 19.0 Å². The van der Waals surface area contributed by atoms with Crippen LogP contribution in [0.4, 0.5) is 0 Å². The van der Waals surface area contributed by atoms with Crippen molar-refractivity contribution >= 4 is 15.9 Å². The van der Waals surface area contributed by atoms with Crippen LogP contribution in [-0.4, -0.2) is 29.0 Å². The van der Waals surface area contributed by atoms with E-state index in [1.807, 2.05) is 12.3 Å². The SMILES string of the molecule is NCC1CCN1Cc1ccc(Br)cn1. The first-order valence-corrected chi connectivity index (χ1v) is 5.63. The molecule has 0 saturated carbocycles. The molecule has 1 fully saturated rings. The smallest absolute Gasteiger partial charge is 0.0544 e. The van der Waals surface area contributed by atoms with Gasteiger partial charge in [0.05, 0.1) is 5.69 Å². The van der Waals surface area contributed by atoms with Gasteiger partial charge in [-0.15, -0.1) is 0 Å². The first-order chi connectivity index (χ1) is 6.79. The summed E-state index contributed by atoms with van der Waals surface area (Å²) in [6.45, 7) is 2.84. The molecule has 2 N–H and O–H groups in total. The Balaban J connectivity index is 1.94. The summed E-state index contributed by atoms with van der Waals surface area (Å²) >= 11 is 3.37. The van der Waals surface area contributed by atoms with E-state index in [4.69, 9.17) is 5.73 Å². The van der Waals surface area contributed by atoms with E-state index in [1.165, 1.54) is 6.42 Å². The zero-order valence-electron chi connectivity index (χ0n) is 7.99. The van der Waals surface area contributed by atoms with Crippen molar-refractivity contribution in [1.29, 1.82) is 0 Å². The van der Waals surface area contributed by atoms with Gasteiger partial charge in [0.1, 0.15) is 0 Å². The van der Waals surface area contributed by atoms with E-state index in [0.717, 1.165) is 29.8 Å². The maximum Gasteiger partial charge on any atom is 0.0544 e. The van der Waals surface area contributed by atoms with E-state index in [9.17, 15) is 0 Å². The molecule has 1 aromatic rings. The number of hydrogen-bond donors (Lipinski definition) is 1. The molecule has 0 amide bonds. The lowest BCUT2D eigenvalue weighted by Crippen LogP contribution is -2.50. The highest BCUT2D eigenvalue weighted by Gasteiger charge is 2.26. The van der Waals surface area contributed by atoms with Crippen LogP contribution in [0.5, 0.6) is 0 Å². The molecule has 1 aromatic heterocycles. The second-order valence-electron chi connectivity index (χ2n) is 3.62. The standard InChI is InChI=1S/C10H14BrN3/c11-8-1-2-9(13-6-8)7-14-4-3-10(14)5-12/h1-2,6,10H,3-5,7,12H2. The van der Waals surface area contributed by atoms with Crippen LogP contribution in [0.1, 0.15) is 12.1 Å². The van der Waals surface area contributed by atoms with Crippen LogP contribution in [0.2, 0.25) is 0 Å². The Bertz CT molecular complexity index is 297. The summed E-state index contributed by atoms with van der Waals surface area (Å²) in [7, 11) is 0. The molecule has 1 atom stereocenters. The maximum absolute atomic E-state index is 5.63. The van der Waals surface area contributed by atoms with Crippen LogP contribution in [0.3, 0.4) is 0 Å². The van der Waals surface area contributed by atoms with Gasteiger partial charge in [0.25, 0.3) is 0 Å². The van der Waals surface area contributed by atoms with E-state index in [0.29, 0.717) is 6.04 Å². The first kappa shape index (κ1) is 10.1. The molecule has 0 aliphatic carbocycles. The van der Waals surface area contributed by atoms with Crippen molar-refractivity contribution in [1.82, 2.24) is 9.88 Å². The Labute approximate surface area is 92.4 Å². The zero-order chi connectivity index (χ0) is 9.97. The summed E-state index contributed by atoms with van der Waals surface area (Å²) in [5.41, 5.74) is 6.75. The Hall–Kier alpha value is -0.450. The predicted octanol–water partition coefficient (Wildman–Crippen LogP) is 1.38. The average Bonchev–Trinajstić information content (AvgIpc) is 2.16. The van der Waals surface area contributed by atoms with Crippen molar-refractivity contribution < 1.29 is 0 Å². The van der Waals surface area contributed by atoms with Gasteiger partial charge in [0.2, 0.25) is 0 Å². The summed E-state index contributed by atoms with van der Waals surface area (Å²) in [4.78, 5) is 6.71. The first-order valence-electron chi connectivity index (χ1n) is 4.84. The van der Waals surface area contributed by atoms with Gasteiger partial charge in [-0.1, -0.05) is 0 Å². The van der Waals surface area contributed by atoms with E-state index in [2.05, 4.69) is 31.9 Å². The van der Waals surface area contributed by atoms with Gasteiger partial charge < -0.3 is 5.73 Å². The molecule has 0 aromatic carbocycles. The number of rotatable bonds is 3. The molecular weight excluding hydrogens is 242 g/mol. The van der Waals surface area contributed by atoms with Gasteiger partial charge in [-0.05, 0) is 34.5 Å². The molecule has 0 radical (unpaired) electrons. The van der Waals surface area contributed by atoms with Crippen molar-refractivity contribution in [3.8, 4) is 0 Å². The maximum atomic E-state index is 5.63. The fraction of sp³-hybridized carbons (Fsp3) is 0.500. The van der Waals surface area contributed by atoms with Crippen LogP contribution in [-0.2, 0) is 6.54 Å². The third-order valence-electron chi connectivity index (χ3n) is 2.69. The minimum atomic E-state index is 0.570. The highest BCUT2D eigenvalue weighted by atomic mass is 79.9. The highest BCUT2D eigenvalue weighted by molar-refractivity contribution is 9.10. The summed E-state index contributed by atoms with van der Waals surface area (Å²) < 4.78 is 1.03. The Morgan fingerprint density at radius 2 is 2.43 bits per heavy atom. The quantitative estimate of drug-likeness (QED) is 0.888. The molecule has 14 heavy (non-hydrogen) atoms. The number of likely N-dealkylation sites (tertiary alicyclic amines) is 1. The van der Waals surface area contributed by atoms with E-state index < -0.39 is 0 Å². The average molecular weight is 256 g/mol. The van der Waals surface area contributed by atoms with Gasteiger partial charge in [-0.2, -0.15) is 0 Å². The molecule has 3 nitrogen and oxygen atoms in total. The number of nitrogens with two attached hydrogens (primary N) is 1. The molecule has 1 saturated heterocycles. The van der Waals surface area contributed by atoms with Crippen LogP contribution in [0, 0.1) is 0 Å². The van der Waals surface area contributed by atoms with Crippen molar-refractivity contribution in [2.75, 3.05) is 13.1 Å². The third kappa shape index (κ3) is 2.13. The lowest BCUT2D eigenvalue weighted by molar-refractivity contribution is 0.0867. The third-order valence-corrected chi connectivity index (χ3v) is 3.16. The molecule has 2 rings (SSSR count). The molecule has 76 valence electrons. The van der Waals surface area contributed by atoms with Crippen LogP contribution in [0.25, 0.3) is 0 Å². The molecule has 1 aliphatic rings. The van der Waals surface area contributed by atoms with Crippen molar-refractivity contribution in [3.05, 3.63) is 28.5 Å². The lowest BCUT2D eigenvalue weighted by Gasteiger charge is -2.40. The van der Waals surface area contributed by atoms with Gasteiger partial charge in [0, 0.05) is 36.3 Å². The van der Waals surface area contributed by atoms with E-state index in [1.54, 1.807) is 0 Å². The predicted molar refractivity (Wildman–Crippen MR) is 59.8 cm³/mol. The second-order valence-corrected chi connectivity index (χ2v) is 4.53. The highest BCUT2D eigenvalue weighted by Crippen LogP contribution is 2.19. The molecule has 1 unspecified atom stereocenters. The second kappa shape index (κ2) is 4.38. The van der Waals surface area contributed by atoms with Crippen molar-refractivity contribution in [3.63, 3.8) is 0 Å². The normalized spacial score (nSPS) is 22.0. The monoisotopic (exact) mass is 255 g/mol. The Morgan fingerprint density at radius 1 is 1.57 bits per heavy atom. The number of pyridine rings is 1. The van der Waals surface area contributed by atoms with Gasteiger partial charge >= 0.3 is 0 Å². The summed E-state index contributed by atoms with van der Waals surface area (Å²) in [6, 6.07) is 4.65. The van der Waals surface area contributed by atoms with Crippen LogP contribution >= 0.6 is 15.9 Å². The Morgan fingerprint density at radius 3 is 2.93 bits per heavy atom. The van der Waals surface area contributed by atoms with Gasteiger partial charge in [-0.25, -0.2) is 0 Å². The molecule has 4 heteroatoms. The number of hydrogen-bond acceptors (Lipinski definition) is 3. The summed E-state index contributed by atoms with van der Waals surface area (Å²) in [5, 5.41) is 0. The van der Waals surface area contributed by atoms with E-state index >= 15 is 0 Å². The molecular formula is C10H14BrN3. The largest absolute Gasteiger partial charge is 0.329 e. The molecule has 1 aliphatic heterocycles. The fourth-order valence-corrected chi connectivity index (χ4v) is 1.91. The van der Waals surface area contributed by atoms with E-state index in [-0.39, 0.29) is 0 Å². The summed E-state index contributed by atoms with van der Waals surface area (Å²) in [5.74, 6) is 0.